The highest BCUT2D eigenvalue weighted by molar-refractivity contribution is 6.71. The van der Waals surface area contributed by atoms with Crippen LogP contribution in [0.15, 0.2) is 126 Å². The minimum atomic E-state index is -0.173. The molecule has 0 atom stereocenters. The zero-order valence-corrected chi connectivity index (χ0v) is 36.5. The van der Waals surface area contributed by atoms with Gasteiger partial charge in [0.15, 0.2) is 0 Å². The summed E-state index contributed by atoms with van der Waals surface area (Å²) in [6.45, 7) is 4.83. The smallest absolute Gasteiger partial charge is 0.139 e. The lowest BCUT2D eigenvalue weighted by atomic mass is 9.59. The average Bonchev–Trinajstić information content (AvgIpc) is 3.74. The molecule has 0 fully saturated rings. The van der Waals surface area contributed by atoms with Gasteiger partial charge in [-0.15, -0.1) is 21.9 Å². The second-order valence-corrected chi connectivity index (χ2v) is 18.2. The van der Waals surface area contributed by atoms with E-state index in [1.54, 1.807) is 0 Å². The molecule has 1 heterocycles. The summed E-state index contributed by atoms with van der Waals surface area (Å²) in [4.78, 5) is 0. The van der Waals surface area contributed by atoms with E-state index in [0.29, 0.717) is 0 Å². The van der Waals surface area contributed by atoms with Crippen molar-refractivity contribution in [3.8, 4) is 44.5 Å². The zero-order chi connectivity index (χ0) is 41.5. The van der Waals surface area contributed by atoms with Gasteiger partial charge in [0, 0.05) is 16.2 Å². The molecule has 0 N–H and O–H groups in total. The summed E-state index contributed by atoms with van der Waals surface area (Å²) in [5.74, 6) is 0. The Labute approximate surface area is 359 Å². The standard InChI is InChI=1S/C51H42B8O/c1-51(2)32-20-26(23-9-4-3-5-10-23)15-17-28(32)29-18-16-27(21-33(29)51)36-39-41(45(54)49(58)47(56)43(39)52)38(42-40(36)44(53)48(57)50(59)46(42)55)30-13-8-14-34-37(30)31-19-24-11-6-7-12-25(24)22-35(31)60-34/h3-22H,52-59H2,1-2H3. The molecule has 0 saturated carbocycles. The van der Waals surface area contributed by atoms with E-state index in [1.165, 1.54) is 137 Å². The minimum Gasteiger partial charge on any atom is -0.456 e. The maximum atomic E-state index is 6.75. The first-order chi connectivity index (χ1) is 28.9. The summed E-state index contributed by atoms with van der Waals surface area (Å²) in [6, 6.07) is 45.2. The number of hydrogen-bond acceptors (Lipinski definition) is 1. The Morgan fingerprint density at radius 3 is 1.45 bits per heavy atom. The summed E-state index contributed by atoms with van der Waals surface area (Å²) in [5.41, 5.74) is 25.7. The van der Waals surface area contributed by atoms with Crippen LogP contribution in [0, 0.1) is 0 Å². The van der Waals surface area contributed by atoms with Crippen molar-refractivity contribution in [3.63, 3.8) is 0 Å². The first-order valence-corrected chi connectivity index (χ1v) is 21.5. The molecule has 1 aliphatic rings. The van der Waals surface area contributed by atoms with E-state index in [2.05, 4.69) is 198 Å². The first-order valence-electron chi connectivity index (χ1n) is 21.5. The number of fused-ring (bicyclic) bond motifs is 9. The summed E-state index contributed by atoms with van der Waals surface area (Å²) in [7, 11) is 18.7. The molecule has 0 bridgehead atoms. The third-order valence-electron chi connectivity index (χ3n) is 15.1. The Hall–Kier alpha value is -5.92. The Bertz CT molecular complexity index is 3470. The Balaban J connectivity index is 1.28. The number of hydrogen-bond donors (Lipinski definition) is 0. The highest BCUT2D eigenvalue weighted by Gasteiger charge is 2.36. The van der Waals surface area contributed by atoms with Gasteiger partial charge in [0.1, 0.15) is 73.9 Å². The summed E-state index contributed by atoms with van der Waals surface area (Å²) in [5, 5.41) is 10.2. The lowest BCUT2D eigenvalue weighted by Crippen LogP contribution is -2.50. The highest BCUT2D eigenvalue weighted by Crippen LogP contribution is 2.52. The summed E-state index contributed by atoms with van der Waals surface area (Å²) in [6.07, 6.45) is 0. The van der Waals surface area contributed by atoms with Crippen LogP contribution in [0.4, 0.5) is 0 Å². The first kappa shape index (κ1) is 37.1. The fourth-order valence-corrected chi connectivity index (χ4v) is 11.1. The van der Waals surface area contributed by atoms with E-state index >= 15 is 0 Å². The van der Waals surface area contributed by atoms with Crippen molar-refractivity contribution in [1.82, 2.24) is 0 Å². The molecule has 0 spiro atoms. The van der Waals surface area contributed by atoms with Crippen LogP contribution >= 0.6 is 0 Å². The van der Waals surface area contributed by atoms with Crippen LogP contribution in [0.25, 0.3) is 98.8 Å². The second-order valence-electron chi connectivity index (χ2n) is 18.2. The fourth-order valence-electron chi connectivity index (χ4n) is 11.1. The number of furan rings is 1. The molecule has 60 heavy (non-hydrogen) atoms. The highest BCUT2D eigenvalue weighted by atomic mass is 16.3. The van der Waals surface area contributed by atoms with Gasteiger partial charge in [0.25, 0.3) is 0 Å². The van der Waals surface area contributed by atoms with Crippen LogP contribution in [0.2, 0.25) is 0 Å². The number of benzene rings is 9. The molecule has 1 aromatic heterocycles. The molecule has 1 aliphatic carbocycles. The van der Waals surface area contributed by atoms with E-state index in [0.717, 1.165) is 16.6 Å². The van der Waals surface area contributed by atoms with Crippen molar-refractivity contribution in [1.29, 1.82) is 0 Å². The summed E-state index contributed by atoms with van der Waals surface area (Å²) >= 11 is 0. The molecule has 276 valence electrons. The lowest BCUT2D eigenvalue weighted by Gasteiger charge is -2.29. The van der Waals surface area contributed by atoms with Gasteiger partial charge in [-0.1, -0.05) is 127 Å². The molecule has 10 aromatic rings. The van der Waals surface area contributed by atoms with E-state index in [9.17, 15) is 0 Å². The Morgan fingerprint density at radius 1 is 0.367 bits per heavy atom. The molecule has 9 aromatic carbocycles. The lowest BCUT2D eigenvalue weighted by molar-refractivity contribution is 0.661. The van der Waals surface area contributed by atoms with E-state index < -0.39 is 0 Å². The average molecular weight is 757 g/mol. The van der Waals surface area contributed by atoms with Crippen LogP contribution in [0.5, 0.6) is 0 Å². The summed E-state index contributed by atoms with van der Waals surface area (Å²) < 4.78 is 6.75. The van der Waals surface area contributed by atoms with Crippen LogP contribution in [0.3, 0.4) is 0 Å². The second kappa shape index (κ2) is 13.0. The van der Waals surface area contributed by atoms with Gasteiger partial charge >= 0.3 is 0 Å². The van der Waals surface area contributed by atoms with Crippen LogP contribution in [0.1, 0.15) is 25.0 Å². The predicted molar refractivity (Wildman–Crippen MR) is 286 cm³/mol. The van der Waals surface area contributed by atoms with Crippen LogP contribution in [-0.2, 0) is 5.41 Å². The normalized spacial score (nSPS) is 13.2. The van der Waals surface area contributed by atoms with Crippen molar-refractivity contribution in [2.45, 2.75) is 19.3 Å². The van der Waals surface area contributed by atoms with Crippen molar-refractivity contribution in [2.75, 3.05) is 0 Å². The molecule has 0 radical (unpaired) electrons. The molecule has 9 heteroatoms. The third kappa shape index (κ3) is 4.99. The molecule has 0 amide bonds. The van der Waals surface area contributed by atoms with Crippen molar-refractivity contribution < 1.29 is 4.42 Å². The van der Waals surface area contributed by atoms with Gasteiger partial charge < -0.3 is 4.42 Å². The maximum Gasteiger partial charge on any atom is 0.139 e. The minimum absolute atomic E-state index is 0.173. The molecular formula is C51H42B8O. The van der Waals surface area contributed by atoms with Gasteiger partial charge in [-0.2, -0.15) is 0 Å². The molecule has 1 nitrogen and oxygen atoms in total. The topological polar surface area (TPSA) is 13.1 Å². The van der Waals surface area contributed by atoms with Gasteiger partial charge in [0.05, 0.1) is 0 Å². The zero-order valence-electron chi connectivity index (χ0n) is 36.5. The SMILES string of the molecule is Bc1c(B)c(B)c2c(-c3cccc4oc5cc6ccccc6cc5c34)c3c(B)c(B)c(B)c(B)c3c(-c3ccc4c(c3)C(C)(C)c3cc(-c5ccccc5)ccc3-4)c2c1B. The fraction of sp³-hybridized carbons (Fsp3) is 0.0588. The maximum absolute atomic E-state index is 6.75. The van der Waals surface area contributed by atoms with Gasteiger partial charge in [-0.25, -0.2) is 0 Å². The Morgan fingerprint density at radius 2 is 0.867 bits per heavy atom. The molecule has 0 aliphatic heterocycles. The molecule has 0 saturated heterocycles. The predicted octanol–water partition coefficient (Wildman–Crippen LogP) is 0.420. The van der Waals surface area contributed by atoms with E-state index in [4.69, 9.17) is 4.42 Å². The number of rotatable bonds is 3. The molecule has 0 unspecified atom stereocenters. The van der Waals surface area contributed by atoms with E-state index in [1.807, 2.05) is 0 Å². The largest absolute Gasteiger partial charge is 0.456 e. The van der Waals surface area contributed by atoms with Crippen molar-refractivity contribution in [3.05, 3.63) is 132 Å². The molecular weight excluding hydrogens is 715 g/mol. The third-order valence-corrected chi connectivity index (χ3v) is 15.1. The monoisotopic (exact) mass is 758 g/mol. The van der Waals surface area contributed by atoms with Crippen LogP contribution in [-0.4, -0.2) is 62.8 Å². The molecule has 11 rings (SSSR count). The van der Waals surface area contributed by atoms with Crippen LogP contribution < -0.4 is 43.7 Å². The van der Waals surface area contributed by atoms with Crippen molar-refractivity contribution >= 4 is 161 Å². The van der Waals surface area contributed by atoms with Gasteiger partial charge in [-0.05, 0) is 118 Å². The van der Waals surface area contributed by atoms with E-state index in [-0.39, 0.29) is 5.41 Å². The Kier molecular flexibility index (Phi) is 8.06. The van der Waals surface area contributed by atoms with Crippen molar-refractivity contribution in [2.24, 2.45) is 0 Å². The van der Waals surface area contributed by atoms with Gasteiger partial charge in [0.2, 0.25) is 0 Å². The van der Waals surface area contributed by atoms with Gasteiger partial charge in [-0.3, -0.25) is 0 Å². The quantitative estimate of drug-likeness (QED) is 0.189.